The van der Waals surface area contributed by atoms with Crippen molar-refractivity contribution < 1.29 is 19.5 Å². The molecule has 1 saturated carbocycles. The summed E-state index contributed by atoms with van der Waals surface area (Å²) in [6.07, 6.45) is 4.93. The van der Waals surface area contributed by atoms with Gasteiger partial charge in [-0.25, -0.2) is 4.68 Å². The lowest BCUT2D eigenvalue weighted by molar-refractivity contribution is -0.144. The Hall–Kier alpha value is -3.53. The Morgan fingerprint density at radius 3 is 2.49 bits per heavy atom. The van der Waals surface area contributed by atoms with Gasteiger partial charge >= 0.3 is 0 Å². The summed E-state index contributed by atoms with van der Waals surface area (Å²) < 4.78 is 3.15. The number of aromatic nitrogens is 4. The third-order valence-electron chi connectivity index (χ3n) is 7.85. The summed E-state index contributed by atoms with van der Waals surface area (Å²) in [5.74, 6) is -0.684. The summed E-state index contributed by atoms with van der Waals surface area (Å²) in [5.41, 5.74) is 0.912. The van der Waals surface area contributed by atoms with Gasteiger partial charge in [0.1, 0.15) is 17.6 Å². The molecule has 1 aliphatic carbocycles. The van der Waals surface area contributed by atoms with Crippen molar-refractivity contribution >= 4 is 28.6 Å². The molecule has 2 fully saturated rings. The van der Waals surface area contributed by atoms with E-state index in [4.69, 9.17) is 0 Å². The third kappa shape index (κ3) is 5.09. The lowest BCUT2D eigenvalue weighted by atomic mass is 9.85. The molecule has 1 saturated heterocycles. The zero-order valence-corrected chi connectivity index (χ0v) is 23.5. The molecule has 3 atom stereocenters. The average Bonchev–Trinajstić information content (AvgIpc) is 3.23. The number of carbonyl (C=O) groups is 3. The number of likely N-dealkylation sites (tertiary alicyclic amines) is 1. The topological polar surface area (TPSA) is 122 Å². The van der Waals surface area contributed by atoms with Gasteiger partial charge in [0.15, 0.2) is 0 Å². The first-order valence-corrected chi connectivity index (χ1v) is 13.6. The van der Waals surface area contributed by atoms with Crippen molar-refractivity contribution in [3.8, 4) is 0 Å². The van der Waals surface area contributed by atoms with Gasteiger partial charge in [0.05, 0.1) is 17.3 Å². The number of nitrogens with one attached hydrogen (secondary N) is 1. The molecular formula is C29H38N6O4. The van der Waals surface area contributed by atoms with Gasteiger partial charge in [-0.1, -0.05) is 38.1 Å². The van der Waals surface area contributed by atoms with Crippen molar-refractivity contribution in [3.63, 3.8) is 0 Å². The summed E-state index contributed by atoms with van der Waals surface area (Å²) in [7, 11) is 0. The lowest BCUT2D eigenvalue weighted by Gasteiger charge is -2.35. The Morgan fingerprint density at radius 2 is 1.82 bits per heavy atom. The molecule has 0 spiro atoms. The van der Waals surface area contributed by atoms with Crippen LogP contribution in [-0.2, 0) is 9.59 Å². The fourth-order valence-electron chi connectivity index (χ4n) is 5.57. The fourth-order valence-corrected chi connectivity index (χ4v) is 5.57. The first kappa shape index (κ1) is 27.1. The number of hydrogen-bond acceptors (Lipinski definition) is 6. The molecule has 1 aliphatic heterocycles. The number of carbonyl (C=O) groups excluding carboxylic acids is 3. The zero-order chi connectivity index (χ0) is 28.3. The quantitative estimate of drug-likeness (QED) is 0.501. The molecule has 2 aliphatic rings. The second kappa shape index (κ2) is 9.59. The van der Waals surface area contributed by atoms with Crippen LogP contribution >= 0.6 is 0 Å². The number of benzene rings is 1. The highest BCUT2D eigenvalue weighted by Crippen LogP contribution is 2.40. The van der Waals surface area contributed by atoms with E-state index in [1.54, 1.807) is 29.3 Å². The van der Waals surface area contributed by atoms with Gasteiger partial charge in [0.25, 0.3) is 5.91 Å². The Labute approximate surface area is 228 Å². The van der Waals surface area contributed by atoms with Gasteiger partial charge in [0.2, 0.25) is 11.8 Å². The van der Waals surface area contributed by atoms with Crippen molar-refractivity contribution in [3.05, 3.63) is 47.9 Å². The molecule has 3 unspecified atom stereocenters. The summed E-state index contributed by atoms with van der Waals surface area (Å²) in [6.45, 7) is 11.2. The van der Waals surface area contributed by atoms with E-state index in [9.17, 15) is 19.5 Å². The van der Waals surface area contributed by atoms with Crippen molar-refractivity contribution in [1.82, 2.24) is 29.8 Å². The van der Waals surface area contributed by atoms with Crippen LogP contribution in [0.25, 0.3) is 10.9 Å². The highest BCUT2D eigenvalue weighted by atomic mass is 16.3. The monoisotopic (exact) mass is 534 g/mol. The highest BCUT2D eigenvalue weighted by Gasteiger charge is 2.46. The van der Waals surface area contributed by atoms with Gasteiger partial charge in [-0.2, -0.15) is 0 Å². The number of β-amino-alcohol motifs (C(OH)–C–C–N with tert-alkyl or cyclic N) is 1. The summed E-state index contributed by atoms with van der Waals surface area (Å²) in [6, 6.07) is 6.02. The molecule has 3 heterocycles. The molecule has 3 aromatic rings. The smallest absolute Gasteiger partial charge is 0.256 e. The van der Waals surface area contributed by atoms with Gasteiger partial charge in [-0.3, -0.25) is 19.0 Å². The zero-order valence-electron chi connectivity index (χ0n) is 23.5. The number of rotatable bonds is 6. The molecule has 10 heteroatoms. The van der Waals surface area contributed by atoms with E-state index in [1.165, 1.54) is 4.90 Å². The van der Waals surface area contributed by atoms with Crippen molar-refractivity contribution in [1.29, 1.82) is 0 Å². The van der Waals surface area contributed by atoms with Crippen LogP contribution in [0.15, 0.2) is 36.7 Å². The van der Waals surface area contributed by atoms with Crippen LogP contribution in [0.4, 0.5) is 0 Å². The van der Waals surface area contributed by atoms with Crippen LogP contribution in [-0.4, -0.2) is 71.5 Å². The first-order chi connectivity index (χ1) is 18.3. The molecule has 2 aromatic heterocycles. The molecule has 0 bridgehead atoms. The summed E-state index contributed by atoms with van der Waals surface area (Å²) in [4.78, 5) is 42.6. The maximum Gasteiger partial charge on any atom is 0.256 e. The third-order valence-corrected chi connectivity index (χ3v) is 7.85. The molecular weight excluding hydrogens is 496 g/mol. The second-order valence-electron chi connectivity index (χ2n) is 12.7. The molecule has 2 N–H and O–H groups in total. The first-order valence-electron chi connectivity index (χ1n) is 13.6. The molecule has 0 radical (unpaired) electrons. The standard InChI is InChI=1S/C29H38N6O4/c1-17-8-7-9-22-20(17)12-13-33(22)27(39)29(5,6)30-25(37)23-14-19(36)15-34(23)26(38)24(28(2,3)4)35-16-21(31-32-35)18-10-11-18/h7-9,12-13,16,18-19,23-24,36H,10-11,14-15H2,1-6H3,(H,30,37). The Bertz CT molecular complexity index is 1430. The Balaban J connectivity index is 1.37. The van der Waals surface area contributed by atoms with Crippen molar-refractivity contribution in [2.45, 2.75) is 90.4 Å². The molecule has 10 nitrogen and oxygen atoms in total. The van der Waals surface area contributed by atoms with Crippen molar-refractivity contribution in [2.24, 2.45) is 5.41 Å². The molecule has 39 heavy (non-hydrogen) atoms. The number of nitrogens with zero attached hydrogens (tertiary/aromatic N) is 5. The van der Waals surface area contributed by atoms with Crippen LogP contribution in [0.5, 0.6) is 0 Å². The predicted octanol–water partition coefficient (Wildman–Crippen LogP) is 3.20. The number of aliphatic hydroxyl groups is 1. The van der Waals surface area contributed by atoms with E-state index in [0.717, 1.165) is 35.0 Å². The lowest BCUT2D eigenvalue weighted by Crippen LogP contribution is -2.57. The van der Waals surface area contributed by atoms with Crippen LogP contribution in [0, 0.1) is 12.3 Å². The molecule has 5 rings (SSSR count). The van der Waals surface area contributed by atoms with Crippen LogP contribution in [0.1, 0.15) is 81.9 Å². The largest absolute Gasteiger partial charge is 0.391 e. The van der Waals surface area contributed by atoms with E-state index in [-0.39, 0.29) is 24.8 Å². The minimum Gasteiger partial charge on any atom is -0.391 e. The van der Waals surface area contributed by atoms with E-state index in [0.29, 0.717) is 5.92 Å². The number of aryl methyl sites for hydroxylation is 1. The number of aliphatic hydroxyl groups excluding tert-OH is 1. The highest BCUT2D eigenvalue weighted by molar-refractivity contribution is 6.00. The fraction of sp³-hybridized carbons (Fsp3) is 0.552. The number of hydrogen-bond donors (Lipinski definition) is 2. The summed E-state index contributed by atoms with van der Waals surface area (Å²) in [5, 5.41) is 22.9. The van der Waals surface area contributed by atoms with Gasteiger partial charge < -0.3 is 15.3 Å². The Kier molecular flexibility index (Phi) is 6.65. The van der Waals surface area contributed by atoms with E-state index in [2.05, 4.69) is 15.6 Å². The maximum atomic E-state index is 14.0. The second-order valence-corrected chi connectivity index (χ2v) is 12.7. The van der Waals surface area contributed by atoms with Gasteiger partial charge in [-0.15, -0.1) is 5.10 Å². The van der Waals surface area contributed by atoms with Crippen molar-refractivity contribution in [2.75, 3.05) is 6.54 Å². The predicted molar refractivity (Wildman–Crippen MR) is 146 cm³/mol. The maximum absolute atomic E-state index is 14.0. The van der Waals surface area contributed by atoms with E-state index < -0.39 is 35.0 Å². The van der Waals surface area contributed by atoms with Crippen LogP contribution in [0.3, 0.4) is 0 Å². The average molecular weight is 535 g/mol. The number of amides is 2. The minimum atomic E-state index is -1.26. The van der Waals surface area contributed by atoms with E-state index >= 15 is 0 Å². The minimum absolute atomic E-state index is 0.0313. The van der Waals surface area contributed by atoms with E-state index in [1.807, 2.05) is 58.2 Å². The van der Waals surface area contributed by atoms with Crippen LogP contribution < -0.4 is 5.32 Å². The van der Waals surface area contributed by atoms with Gasteiger partial charge in [-0.05, 0) is 56.7 Å². The normalized spacial score (nSPS) is 20.8. The molecule has 1 aromatic carbocycles. The molecule has 208 valence electrons. The summed E-state index contributed by atoms with van der Waals surface area (Å²) >= 11 is 0. The number of fused-ring (bicyclic) bond motifs is 1. The molecule has 2 amide bonds. The van der Waals surface area contributed by atoms with Gasteiger partial charge in [0, 0.05) is 36.7 Å². The van der Waals surface area contributed by atoms with Crippen LogP contribution in [0.2, 0.25) is 0 Å². The SMILES string of the molecule is Cc1cccc2c1ccn2C(=O)C(C)(C)NC(=O)C1CC(O)CN1C(=O)C(n1cc(C2CC2)nn1)C(C)(C)C. The Morgan fingerprint density at radius 1 is 1.10 bits per heavy atom.